The number of rotatable bonds is 9. The number of carbonyl (C=O) groups is 1. The molecule has 5 unspecified atom stereocenters. The number of hydrogen-bond donors (Lipinski definition) is 4. The van der Waals surface area contributed by atoms with Crippen LogP contribution in [0.3, 0.4) is 0 Å². The molecule has 2 rings (SSSR count). The summed E-state index contributed by atoms with van der Waals surface area (Å²) in [6, 6.07) is -0.733. The Hall–Kier alpha value is -0.0900. The van der Waals surface area contributed by atoms with Crippen molar-refractivity contribution in [2.45, 2.75) is 56.1 Å². The quantitative estimate of drug-likeness (QED) is 0.325. The predicted octanol–water partition coefficient (Wildman–Crippen LogP) is 0.520. The standard InChI is InChI=1S/C17H31ClN2O5S/c1-4-11-5-12(7-19-6-11)16(23)20-14(10(2)18)17(24-9-26-3)15(22)13(8-21)25-17/h10-15,19,21-22H,4-9H2,1-3H3,(H,20,23)/t10?,11?,12?,13-,14?,15+,17?/m0/s1. The molecule has 9 heteroatoms. The Bertz CT molecular complexity index is 468. The molecule has 2 aliphatic rings. The highest BCUT2D eigenvalue weighted by atomic mass is 35.5. The zero-order valence-corrected chi connectivity index (χ0v) is 17.2. The van der Waals surface area contributed by atoms with Crippen LogP contribution in [0.2, 0.25) is 0 Å². The molecule has 0 aromatic heterocycles. The molecule has 2 saturated heterocycles. The van der Waals surface area contributed by atoms with Crippen LogP contribution in [0.4, 0.5) is 0 Å². The molecule has 26 heavy (non-hydrogen) atoms. The van der Waals surface area contributed by atoms with Gasteiger partial charge < -0.3 is 30.3 Å². The summed E-state index contributed by atoms with van der Waals surface area (Å²) in [6.07, 6.45) is 1.89. The van der Waals surface area contributed by atoms with Gasteiger partial charge in [-0.25, -0.2) is 0 Å². The van der Waals surface area contributed by atoms with Gasteiger partial charge in [0.25, 0.3) is 0 Å². The molecule has 7 nitrogen and oxygen atoms in total. The lowest BCUT2D eigenvalue weighted by molar-refractivity contribution is -0.407. The first-order chi connectivity index (χ1) is 12.4. The van der Waals surface area contributed by atoms with E-state index in [9.17, 15) is 15.0 Å². The van der Waals surface area contributed by atoms with Crippen molar-refractivity contribution in [3.05, 3.63) is 0 Å². The van der Waals surface area contributed by atoms with E-state index in [-0.39, 0.29) is 24.4 Å². The molecule has 0 aliphatic carbocycles. The lowest BCUT2D eigenvalue weighted by Crippen LogP contribution is -2.76. The number of aliphatic hydroxyl groups excluding tert-OH is 2. The minimum Gasteiger partial charge on any atom is -0.394 e. The molecule has 4 N–H and O–H groups in total. The molecular formula is C17H31ClN2O5S. The number of alkyl halides is 1. The van der Waals surface area contributed by atoms with Gasteiger partial charge in [0.2, 0.25) is 11.7 Å². The van der Waals surface area contributed by atoms with Crippen molar-refractivity contribution in [3.8, 4) is 0 Å². The molecular weight excluding hydrogens is 380 g/mol. The summed E-state index contributed by atoms with van der Waals surface area (Å²) in [4.78, 5) is 12.8. The van der Waals surface area contributed by atoms with Gasteiger partial charge >= 0.3 is 0 Å². The highest BCUT2D eigenvalue weighted by molar-refractivity contribution is 7.98. The number of thioether (sulfide) groups is 1. The Kier molecular flexibility index (Phi) is 8.46. The molecule has 0 aromatic carbocycles. The third-order valence-corrected chi connectivity index (χ3v) is 5.87. The van der Waals surface area contributed by atoms with Crippen LogP contribution in [0, 0.1) is 11.8 Å². The largest absolute Gasteiger partial charge is 0.394 e. The van der Waals surface area contributed by atoms with Gasteiger partial charge in [-0.2, -0.15) is 0 Å². The molecule has 2 heterocycles. The van der Waals surface area contributed by atoms with Gasteiger partial charge in [0.1, 0.15) is 18.2 Å². The van der Waals surface area contributed by atoms with E-state index < -0.39 is 29.4 Å². The average Bonchev–Trinajstić information content (AvgIpc) is 2.65. The average molecular weight is 411 g/mol. The summed E-state index contributed by atoms with van der Waals surface area (Å²) in [5.41, 5.74) is 0. The zero-order valence-electron chi connectivity index (χ0n) is 15.6. The lowest BCUT2D eigenvalue weighted by atomic mass is 9.86. The van der Waals surface area contributed by atoms with Gasteiger partial charge in [-0.05, 0) is 32.1 Å². The number of carbonyl (C=O) groups excluding carboxylic acids is 1. The summed E-state index contributed by atoms with van der Waals surface area (Å²) in [5, 5.41) is 25.5. The molecule has 0 radical (unpaired) electrons. The molecule has 2 aliphatic heterocycles. The Labute approximate surface area is 164 Å². The van der Waals surface area contributed by atoms with E-state index in [1.54, 1.807) is 6.92 Å². The highest BCUT2D eigenvalue weighted by Gasteiger charge is 2.62. The van der Waals surface area contributed by atoms with Gasteiger partial charge in [0.05, 0.1) is 23.8 Å². The van der Waals surface area contributed by atoms with Crippen LogP contribution in [-0.2, 0) is 14.3 Å². The van der Waals surface area contributed by atoms with Gasteiger partial charge in [-0.3, -0.25) is 4.79 Å². The molecule has 0 aromatic rings. The highest BCUT2D eigenvalue weighted by Crippen LogP contribution is 2.40. The van der Waals surface area contributed by atoms with Crippen LogP contribution in [-0.4, -0.2) is 77.4 Å². The van der Waals surface area contributed by atoms with Crippen LogP contribution in [0.15, 0.2) is 0 Å². The van der Waals surface area contributed by atoms with Crippen LogP contribution < -0.4 is 10.6 Å². The van der Waals surface area contributed by atoms with Crippen molar-refractivity contribution in [3.63, 3.8) is 0 Å². The maximum atomic E-state index is 12.8. The molecule has 0 bridgehead atoms. The topological polar surface area (TPSA) is 100 Å². The smallest absolute Gasteiger partial charge is 0.224 e. The second-order valence-corrected chi connectivity index (χ2v) is 8.59. The van der Waals surface area contributed by atoms with Crippen molar-refractivity contribution in [2.24, 2.45) is 11.8 Å². The first kappa shape index (κ1) is 22.2. The molecule has 1 amide bonds. The SMILES string of the molecule is CCC1CNCC(C(=O)NC(C(C)Cl)C2(OCSC)O[C@@H](CO)[C@H]2O)C1. The fraction of sp³-hybridized carbons (Fsp3) is 0.941. The third kappa shape index (κ3) is 4.66. The van der Waals surface area contributed by atoms with E-state index in [1.807, 2.05) is 6.26 Å². The van der Waals surface area contributed by atoms with Gasteiger partial charge in [0, 0.05) is 6.54 Å². The summed E-state index contributed by atoms with van der Waals surface area (Å²) >= 11 is 7.77. The van der Waals surface area contributed by atoms with E-state index in [2.05, 4.69) is 17.6 Å². The van der Waals surface area contributed by atoms with Crippen molar-refractivity contribution >= 4 is 29.3 Å². The van der Waals surface area contributed by atoms with Crippen LogP contribution in [0.5, 0.6) is 0 Å². The van der Waals surface area contributed by atoms with E-state index in [0.29, 0.717) is 12.5 Å². The number of halogens is 1. The third-order valence-electron chi connectivity index (χ3n) is 5.26. The number of piperidine rings is 1. The first-order valence-electron chi connectivity index (χ1n) is 9.14. The van der Waals surface area contributed by atoms with Crippen molar-refractivity contribution in [1.82, 2.24) is 10.6 Å². The van der Waals surface area contributed by atoms with E-state index in [1.165, 1.54) is 11.8 Å². The summed E-state index contributed by atoms with van der Waals surface area (Å²) < 4.78 is 11.5. The maximum Gasteiger partial charge on any atom is 0.224 e. The van der Waals surface area contributed by atoms with Crippen LogP contribution in [0.25, 0.3) is 0 Å². The fourth-order valence-electron chi connectivity index (χ4n) is 3.66. The van der Waals surface area contributed by atoms with E-state index in [0.717, 1.165) is 19.4 Å². The van der Waals surface area contributed by atoms with Gasteiger partial charge in [-0.15, -0.1) is 23.4 Å². The Morgan fingerprint density at radius 2 is 2.27 bits per heavy atom. The Morgan fingerprint density at radius 1 is 1.54 bits per heavy atom. The summed E-state index contributed by atoms with van der Waals surface area (Å²) in [6.45, 7) is 5.07. The summed E-state index contributed by atoms with van der Waals surface area (Å²) in [5.74, 6) is -0.982. The minimum absolute atomic E-state index is 0.122. The minimum atomic E-state index is -1.44. The fourth-order valence-corrected chi connectivity index (χ4v) is 4.20. The number of aliphatic hydroxyl groups is 2. The van der Waals surface area contributed by atoms with Gasteiger partial charge in [0.15, 0.2) is 0 Å². The number of hydrogen-bond acceptors (Lipinski definition) is 7. The molecule has 2 fully saturated rings. The van der Waals surface area contributed by atoms with Crippen molar-refractivity contribution in [2.75, 3.05) is 31.9 Å². The Balaban J connectivity index is 2.11. The molecule has 7 atom stereocenters. The lowest BCUT2D eigenvalue weighted by Gasteiger charge is -2.55. The van der Waals surface area contributed by atoms with Gasteiger partial charge in [-0.1, -0.05) is 13.3 Å². The van der Waals surface area contributed by atoms with Crippen molar-refractivity contribution < 1.29 is 24.5 Å². The first-order valence-corrected chi connectivity index (χ1v) is 11.0. The molecule has 0 spiro atoms. The number of nitrogens with one attached hydrogen (secondary N) is 2. The second-order valence-electron chi connectivity index (χ2n) is 7.08. The summed E-state index contributed by atoms with van der Waals surface area (Å²) in [7, 11) is 0. The van der Waals surface area contributed by atoms with Crippen LogP contribution in [0.1, 0.15) is 26.7 Å². The predicted molar refractivity (Wildman–Crippen MR) is 102 cm³/mol. The van der Waals surface area contributed by atoms with Crippen molar-refractivity contribution in [1.29, 1.82) is 0 Å². The van der Waals surface area contributed by atoms with E-state index in [4.69, 9.17) is 21.1 Å². The van der Waals surface area contributed by atoms with Crippen LogP contribution >= 0.6 is 23.4 Å². The number of ether oxygens (including phenoxy) is 2. The molecule has 152 valence electrons. The maximum absolute atomic E-state index is 12.8. The Morgan fingerprint density at radius 3 is 2.81 bits per heavy atom. The molecule has 0 saturated carbocycles. The second kappa shape index (κ2) is 9.91. The number of amides is 1. The normalized spacial score (nSPS) is 36.8. The van der Waals surface area contributed by atoms with E-state index >= 15 is 0 Å². The monoisotopic (exact) mass is 410 g/mol. The zero-order chi connectivity index (χ0) is 19.3.